The van der Waals surface area contributed by atoms with Crippen LogP contribution in [0.3, 0.4) is 0 Å². The molecule has 0 unspecified atom stereocenters. The van der Waals surface area contributed by atoms with Crippen molar-refractivity contribution >= 4 is 5.69 Å². The van der Waals surface area contributed by atoms with E-state index in [0.29, 0.717) is 6.07 Å². The molecular weight excluding hydrogens is 245 g/mol. The molecule has 0 bridgehead atoms. The van der Waals surface area contributed by atoms with Crippen LogP contribution in [0.25, 0.3) is 0 Å². The van der Waals surface area contributed by atoms with E-state index >= 15 is 0 Å². The summed E-state index contributed by atoms with van der Waals surface area (Å²) in [5.74, 6) is 0. The molecular formula is C9H6F5N3. The molecule has 1 rings (SSSR count). The Morgan fingerprint density at radius 1 is 1.41 bits per heavy atom. The molecule has 0 radical (unpaired) electrons. The normalized spacial score (nSPS) is 11.6. The predicted octanol–water partition coefficient (Wildman–Crippen LogP) is 2.69. The fourth-order valence-electron chi connectivity index (χ4n) is 1.28. The number of nitrogen functional groups attached to an aromatic ring is 1. The lowest BCUT2D eigenvalue weighted by Gasteiger charge is -2.14. The van der Waals surface area contributed by atoms with Gasteiger partial charge in [-0.1, -0.05) is 0 Å². The predicted molar refractivity (Wildman–Crippen MR) is 47.9 cm³/mol. The molecule has 0 aromatic carbocycles. The quantitative estimate of drug-likeness (QED) is 0.822. The SMILES string of the molecule is N#CCc1nc(C(F)F)cc(N)c1C(F)(F)F. The lowest BCUT2D eigenvalue weighted by Crippen LogP contribution is -2.15. The van der Waals surface area contributed by atoms with E-state index in [-0.39, 0.29) is 0 Å². The number of alkyl halides is 5. The van der Waals surface area contributed by atoms with Crippen molar-refractivity contribution in [3.05, 3.63) is 23.0 Å². The third-order valence-electron chi connectivity index (χ3n) is 1.90. The average Bonchev–Trinajstić information content (AvgIpc) is 2.14. The molecule has 1 aromatic heterocycles. The van der Waals surface area contributed by atoms with Crippen LogP contribution in [0.1, 0.15) is 23.4 Å². The van der Waals surface area contributed by atoms with Crippen molar-refractivity contribution in [2.45, 2.75) is 19.0 Å². The maximum atomic E-state index is 12.5. The zero-order valence-corrected chi connectivity index (χ0v) is 8.22. The van der Waals surface area contributed by atoms with Crippen LogP contribution in [0.5, 0.6) is 0 Å². The highest BCUT2D eigenvalue weighted by Crippen LogP contribution is 2.37. The lowest BCUT2D eigenvalue weighted by molar-refractivity contribution is -0.137. The summed E-state index contributed by atoms with van der Waals surface area (Å²) in [7, 11) is 0. The first-order chi connectivity index (χ1) is 7.77. The number of anilines is 1. The van der Waals surface area contributed by atoms with Crippen LogP contribution in [0.15, 0.2) is 6.07 Å². The van der Waals surface area contributed by atoms with E-state index in [4.69, 9.17) is 11.0 Å². The fourth-order valence-corrected chi connectivity index (χ4v) is 1.28. The molecule has 92 valence electrons. The fraction of sp³-hybridized carbons (Fsp3) is 0.333. The second-order valence-electron chi connectivity index (χ2n) is 3.09. The number of nitrogens with two attached hydrogens (primary N) is 1. The molecule has 0 fully saturated rings. The van der Waals surface area contributed by atoms with Gasteiger partial charge in [-0.15, -0.1) is 0 Å². The van der Waals surface area contributed by atoms with Gasteiger partial charge in [0.25, 0.3) is 6.43 Å². The van der Waals surface area contributed by atoms with Crippen molar-refractivity contribution in [1.29, 1.82) is 5.26 Å². The standard InChI is InChI=1S/C9H6F5N3/c10-8(11)6-3-4(16)7(9(12,13)14)5(17-6)1-2-15/h3,8H,1H2,(H2,16,17). The van der Waals surface area contributed by atoms with Gasteiger partial charge in [0.05, 0.1) is 18.2 Å². The number of pyridine rings is 1. The minimum absolute atomic E-state index is 0.467. The van der Waals surface area contributed by atoms with Gasteiger partial charge >= 0.3 is 6.18 Å². The Kier molecular flexibility index (Phi) is 3.50. The van der Waals surface area contributed by atoms with Crippen LogP contribution < -0.4 is 5.73 Å². The molecule has 0 saturated carbocycles. The number of rotatable bonds is 2. The minimum atomic E-state index is -4.83. The van der Waals surface area contributed by atoms with Crippen LogP contribution in [0, 0.1) is 11.3 Å². The Morgan fingerprint density at radius 2 is 2.00 bits per heavy atom. The van der Waals surface area contributed by atoms with Gasteiger partial charge < -0.3 is 5.73 Å². The van der Waals surface area contributed by atoms with Crippen molar-refractivity contribution in [3.8, 4) is 6.07 Å². The topological polar surface area (TPSA) is 62.7 Å². The molecule has 3 nitrogen and oxygen atoms in total. The number of hydrogen-bond donors (Lipinski definition) is 1. The highest BCUT2D eigenvalue weighted by molar-refractivity contribution is 5.52. The molecule has 0 aliphatic rings. The average molecular weight is 251 g/mol. The summed E-state index contributed by atoms with van der Waals surface area (Å²) in [6.07, 6.45) is -8.61. The Hall–Kier alpha value is -1.91. The number of nitrogens with zero attached hydrogens (tertiary/aromatic N) is 2. The Labute approximate surface area is 92.7 Å². The number of nitriles is 1. The molecule has 1 heterocycles. The summed E-state index contributed by atoms with van der Waals surface area (Å²) in [4.78, 5) is 3.12. The summed E-state index contributed by atoms with van der Waals surface area (Å²) in [6, 6.07) is 1.89. The molecule has 0 spiro atoms. The van der Waals surface area contributed by atoms with Gasteiger partial charge in [-0.25, -0.2) is 13.8 Å². The Morgan fingerprint density at radius 3 is 2.41 bits per heavy atom. The molecule has 0 atom stereocenters. The van der Waals surface area contributed by atoms with Gasteiger partial charge in [0.15, 0.2) is 0 Å². The minimum Gasteiger partial charge on any atom is -0.398 e. The smallest absolute Gasteiger partial charge is 0.398 e. The van der Waals surface area contributed by atoms with E-state index in [1.54, 1.807) is 0 Å². The molecule has 17 heavy (non-hydrogen) atoms. The maximum absolute atomic E-state index is 12.5. The van der Waals surface area contributed by atoms with E-state index in [1.165, 1.54) is 6.07 Å². The van der Waals surface area contributed by atoms with E-state index < -0.39 is 41.7 Å². The number of aromatic nitrogens is 1. The van der Waals surface area contributed by atoms with E-state index in [0.717, 1.165) is 0 Å². The summed E-state index contributed by atoms with van der Waals surface area (Å²) in [6.45, 7) is 0. The molecule has 0 aliphatic carbocycles. The van der Waals surface area contributed by atoms with Crippen molar-refractivity contribution in [2.24, 2.45) is 0 Å². The summed E-state index contributed by atoms with van der Waals surface area (Å²) in [5.41, 5.74) is 1.23. The summed E-state index contributed by atoms with van der Waals surface area (Å²) >= 11 is 0. The van der Waals surface area contributed by atoms with Gasteiger partial charge in [-0.05, 0) is 6.07 Å². The zero-order chi connectivity index (χ0) is 13.2. The highest BCUT2D eigenvalue weighted by Gasteiger charge is 2.37. The number of halogens is 5. The first-order valence-corrected chi connectivity index (χ1v) is 4.29. The van der Waals surface area contributed by atoms with Gasteiger partial charge in [0, 0.05) is 5.69 Å². The molecule has 0 aliphatic heterocycles. The molecule has 8 heteroatoms. The van der Waals surface area contributed by atoms with Crippen LogP contribution in [-0.4, -0.2) is 4.98 Å². The Bertz CT molecular complexity index is 461. The van der Waals surface area contributed by atoms with Crippen LogP contribution in [0.2, 0.25) is 0 Å². The van der Waals surface area contributed by atoms with Crippen molar-refractivity contribution < 1.29 is 22.0 Å². The van der Waals surface area contributed by atoms with Gasteiger partial charge in [-0.2, -0.15) is 18.4 Å². The van der Waals surface area contributed by atoms with Crippen molar-refractivity contribution in [2.75, 3.05) is 5.73 Å². The molecule has 2 N–H and O–H groups in total. The maximum Gasteiger partial charge on any atom is 0.420 e. The molecule has 0 amide bonds. The first kappa shape index (κ1) is 13.2. The third kappa shape index (κ3) is 2.81. The summed E-state index contributed by atoms with van der Waals surface area (Å²) in [5, 5.41) is 8.34. The molecule has 0 saturated heterocycles. The van der Waals surface area contributed by atoms with Gasteiger partial charge in [0.1, 0.15) is 11.3 Å². The van der Waals surface area contributed by atoms with Crippen molar-refractivity contribution in [3.63, 3.8) is 0 Å². The summed E-state index contributed by atoms with van der Waals surface area (Å²) < 4.78 is 62.3. The van der Waals surface area contributed by atoms with Crippen LogP contribution >= 0.6 is 0 Å². The number of hydrogen-bond acceptors (Lipinski definition) is 3. The van der Waals surface area contributed by atoms with Crippen molar-refractivity contribution in [1.82, 2.24) is 4.98 Å². The lowest BCUT2D eigenvalue weighted by atomic mass is 10.1. The van der Waals surface area contributed by atoms with Gasteiger partial charge in [0.2, 0.25) is 0 Å². The van der Waals surface area contributed by atoms with E-state index in [9.17, 15) is 22.0 Å². The largest absolute Gasteiger partial charge is 0.420 e. The second kappa shape index (κ2) is 4.53. The van der Waals surface area contributed by atoms with E-state index in [1.807, 2.05) is 0 Å². The first-order valence-electron chi connectivity index (χ1n) is 4.29. The Balaban J connectivity index is 3.45. The van der Waals surface area contributed by atoms with Gasteiger partial charge in [-0.3, -0.25) is 0 Å². The van der Waals surface area contributed by atoms with E-state index in [2.05, 4.69) is 4.98 Å². The van der Waals surface area contributed by atoms with Crippen LogP contribution in [-0.2, 0) is 12.6 Å². The molecule has 1 aromatic rings. The third-order valence-corrected chi connectivity index (χ3v) is 1.90. The monoisotopic (exact) mass is 251 g/mol. The zero-order valence-electron chi connectivity index (χ0n) is 8.22. The van der Waals surface area contributed by atoms with Crippen LogP contribution in [0.4, 0.5) is 27.6 Å². The second-order valence-corrected chi connectivity index (χ2v) is 3.09. The highest BCUT2D eigenvalue weighted by atomic mass is 19.4.